The summed E-state index contributed by atoms with van der Waals surface area (Å²) in [6.45, 7) is 4.84. The quantitative estimate of drug-likeness (QED) is 0.450. The normalized spacial score (nSPS) is 10.8. The maximum absolute atomic E-state index is 12.7. The van der Waals surface area contributed by atoms with E-state index >= 15 is 0 Å². The van der Waals surface area contributed by atoms with Crippen molar-refractivity contribution in [3.63, 3.8) is 0 Å². The lowest BCUT2D eigenvalue weighted by Crippen LogP contribution is -2.23. The smallest absolute Gasteiger partial charge is 0.298 e. The molecule has 2 heterocycles. The number of ketones is 1. The Morgan fingerprint density at radius 1 is 1.17 bits per heavy atom. The Bertz CT molecular complexity index is 1040. The minimum absolute atomic E-state index is 0.248. The minimum Gasteiger partial charge on any atom is -0.496 e. The molecule has 3 rings (SSSR count). The minimum atomic E-state index is -0.750. The van der Waals surface area contributed by atoms with E-state index in [4.69, 9.17) is 9.47 Å². The Morgan fingerprint density at radius 3 is 2.66 bits per heavy atom. The number of hydrogen-bond acceptors (Lipinski definition) is 7. The lowest BCUT2D eigenvalue weighted by Gasteiger charge is -2.08. The second-order valence-corrected chi connectivity index (χ2v) is 7.30. The van der Waals surface area contributed by atoms with Crippen LogP contribution in [0.2, 0.25) is 0 Å². The number of carbonyl (C=O) groups is 2. The SMILES string of the molecule is COCCn1c(C)cc(C(=O)C(=O)Nc2nnc(-c3ccccc3OC)s2)c1C. The molecule has 0 saturated heterocycles. The van der Waals surface area contributed by atoms with Crippen molar-refractivity contribution < 1.29 is 19.1 Å². The number of nitrogens with one attached hydrogen (secondary N) is 1. The third kappa shape index (κ3) is 4.36. The van der Waals surface area contributed by atoms with Gasteiger partial charge in [0, 0.05) is 30.6 Å². The Balaban J connectivity index is 1.76. The fourth-order valence-electron chi connectivity index (χ4n) is 3.04. The first kappa shape index (κ1) is 20.7. The molecule has 1 N–H and O–H groups in total. The lowest BCUT2D eigenvalue weighted by molar-refractivity contribution is -0.112. The number of benzene rings is 1. The van der Waals surface area contributed by atoms with Crippen LogP contribution in [0.1, 0.15) is 21.7 Å². The first-order chi connectivity index (χ1) is 14.0. The van der Waals surface area contributed by atoms with Crippen molar-refractivity contribution in [2.45, 2.75) is 20.4 Å². The van der Waals surface area contributed by atoms with Crippen LogP contribution in [0, 0.1) is 13.8 Å². The number of aromatic nitrogens is 3. The molecule has 2 aromatic heterocycles. The van der Waals surface area contributed by atoms with Crippen molar-refractivity contribution in [3.8, 4) is 16.3 Å². The molecule has 0 saturated carbocycles. The van der Waals surface area contributed by atoms with E-state index in [1.807, 2.05) is 42.7 Å². The Hall–Kier alpha value is -3.04. The van der Waals surface area contributed by atoms with Crippen LogP contribution in [-0.2, 0) is 16.1 Å². The van der Waals surface area contributed by atoms with Gasteiger partial charge >= 0.3 is 0 Å². The van der Waals surface area contributed by atoms with Crippen LogP contribution in [0.15, 0.2) is 30.3 Å². The molecule has 0 fully saturated rings. The summed E-state index contributed by atoms with van der Waals surface area (Å²) in [6.07, 6.45) is 0. The molecule has 0 aliphatic carbocycles. The predicted octanol–water partition coefficient (Wildman–Crippen LogP) is 3.10. The van der Waals surface area contributed by atoms with Crippen LogP contribution in [0.5, 0.6) is 5.75 Å². The summed E-state index contributed by atoms with van der Waals surface area (Å²) in [6, 6.07) is 9.10. The molecule has 0 bridgehead atoms. The molecular formula is C20H22N4O4S. The maximum atomic E-state index is 12.7. The van der Waals surface area contributed by atoms with Gasteiger partial charge < -0.3 is 14.0 Å². The molecule has 8 nitrogen and oxygen atoms in total. The van der Waals surface area contributed by atoms with Crippen LogP contribution in [0.25, 0.3) is 10.6 Å². The van der Waals surface area contributed by atoms with Gasteiger partial charge in [-0.3, -0.25) is 14.9 Å². The molecule has 3 aromatic rings. The van der Waals surface area contributed by atoms with Crippen molar-refractivity contribution in [1.29, 1.82) is 0 Å². The molecule has 0 radical (unpaired) electrons. The summed E-state index contributed by atoms with van der Waals surface area (Å²) in [4.78, 5) is 25.2. The first-order valence-electron chi connectivity index (χ1n) is 8.94. The van der Waals surface area contributed by atoms with Gasteiger partial charge in [0.2, 0.25) is 5.13 Å². The molecule has 1 aromatic carbocycles. The summed E-state index contributed by atoms with van der Waals surface area (Å²) in [7, 11) is 3.19. The van der Waals surface area contributed by atoms with Crippen molar-refractivity contribution >= 4 is 28.2 Å². The van der Waals surface area contributed by atoms with Gasteiger partial charge in [0.1, 0.15) is 5.75 Å². The maximum Gasteiger partial charge on any atom is 0.298 e. The van der Waals surface area contributed by atoms with Crippen molar-refractivity contribution in [2.24, 2.45) is 0 Å². The van der Waals surface area contributed by atoms with E-state index < -0.39 is 11.7 Å². The number of rotatable bonds is 8. The van der Waals surface area contributed by atoms with Gasteiger partial charge in [-0.2, -0.15) is 0 Å². The number of ether oxygens (including phenoxy) is 2. The van der Waals surface area contributed by atoms with Crippen LogP contribution in [0.4, 0.5) is 5.13 Å². The van der Waals surface area contributed by atoms with Crippen molar-refractivity contribution in [3.05, 3.63) is 47.3 Å². The first-order valence-corrected chi connectivity index (χ1v) is 9.76. The number of para-hydroxylation sites is 1. The number of methoxy groups -OCH3 is 2. The second-order valence-electron chi connectivity index (χ2n) is 6.33. The van der Waals surface area contributed by atoms with Gasteiger partial charge in [-0.1, -0.05) is 23.5 Å². The Kier molecular flexibility index (Phi) is 6.40. The molecular weight excluding hydrogens is 392 g/mol. The van der Waals surface area contributed by atoms with Crippen LogP contribution in [-0.4, -0.2) is 47.3 Å². The summed E-state index contributed by atoms with van der Waals surface area (Å²) in [5.41, 5.74) is 2.75. The van der Waals surface area contributed by atoms with Gasteiger partial charge in [-0.15, -0.1) is 10.2 Å². The van der Waals surface area contributed by atoms with Gasteiger partial charge in [0.15, 0.2) is 5.01 Å². The number of anilines is 1. The molecule has 0 spiro atoms. The van der Waals surface area contributed by atoms with Crippen molar-refractivity contribution in [1.82, 2.24) is 14.8 Å². The van der Waals surface area contributed by atoms with Gasteiger partial charge in [0.25, 0.3) is 11.7 Å². The number of aryl methyl sites for hydroxylation is 1. The van der Waals surface area contributed by atoms with E-state index in [9.17, 15) is 9.59 Å². The van der Waals surface area contributed by atoms with E-state index in [2.05, 4.69) is 15.5 Å². The Labute approximate surface area is 172 Å². The van der Waals surface area contributed by atoms with Gasteiger partial charge in [-0.05, 0) is 32.0 Å². The van der Waals surface area contributed by atoms with Gasteiger partial charge in [0.05, 0.1) is 19.3 Å². The zero-order chi connectivity index (χ0) is 21.0. The molecule has 0 atom stereocenters. The molecule has 29 heavy (non-hydrogen) atoms. The summed E-state index contributed by atoms with van der Waals surface area (Å²) >= 11 is 1.17. The number of hydrogen-bond donors (Lipinski definition) is 1. The lowest BCUT2D eigenvalue weighted by atomic mass is 10.1. The summed E-state index contributed by atoms with van der Waals surface area (Å²) < 4.78 is 12.4. The number of nitrogens with zero attached hydrogens (tertiary/aromatic N) is 3. The van der Waals surface area contributed by atoms with Crippen LogP contribution in [0.3, 0.4) is 0 Å². The van der Waals surface area contributed by atoms with E-state index in [-0.39, 0.29) is 5.13 Å². The third-order valence-electron chi connectivity index (χ3n) is 4.53. The Morgan fingerprint density at radius 2 is 1.93 bits per heavy atom. The average molecular weight is 414 g/mol. The fourth-order valence-corrected chi connectivity index (χ4v) is 3.81. The summed E-state index contributed by atoms with van der Waals surface area (Å²) in [5.74, 6) is -0.711. The number of carbonyl (C=O) groups excluding carboxylic acids is 2. The van der Waals surface area contributed by atoms with Crippen LogP contribution < -0.4 is 10.1 Å². The van der Waals surface area contributed by atoms with E-state index in [0.29, 0.717) is 29.5 Å². The highest BCUT2D eigenvalue weighted by atomic mass is 32.1. The van der Waals surface area contributed by atoms with Crippen LogP contribution >= 0.6 is 11.3 Å². The highest BCUT2D eigenvalue weighted by Gasteiger charge is 2.23. The zero-order valence-electron chi connectivity index (χ0n) is 16.7. The highest BCUT2D eigenvalue weighted by molar-refractivity contribution is 7.18. The third-order valence-corrected chi connectivity index (χ3v) is 5.40. The molecule has 0 aliphatic rings. The molecule has 1 amide bonds. The standard InChI is InChI=1S/C20H22N4O4S/c1-12-11-15(13(2)24(12)9-10-27-3)17(25)18(26)21-20-23-22-19(29-20)14-7-5-6-8-16(14)28-4/h5-8,11H,9-10H2,1-4H3,(H,21,23,26). The monoisotopic (exact) mass is 414 g/mol. The molecule has 9 heteroatoms. The number of amides is 1. The highest BCUT2D eigenvalue weighted by Crippen LogP contribution is 2.33. The molecule has 152 valence electrons. The topological polar surface area (TPSA) is 95.3 Å². The fraction of sp³-hybridized carbons (Fsp3) is 0.300. The predicted molar refractivity (Wildman–Crippen MR) is 111 cm³/mol. The molecule has 0 unspecified atom stereocenters. The second kappa shape index (κ2) is 8.97. The summed E-state index contributed by atoms with van der Waals surface area (Å²) in [5, 5.41) is 11.5. The van der Waals surface area contributed by atoms with Gasteiger partial charge in [-0.25, -0.2) is 0 Å². The van der Waals surface area contributed by atoms with Crippen molar-refractivity contribution in [2.75, 3.05) is 26.1 Å². The van der Waals surface area contributed by atoms with E-state index in [0.717, 1.165) is 17.0 Å². The zero-order valence-corrected chi connectivity index (χ0v) is 17.5. The largest absolute Gasteiger partial charge is 0.496 e. The van der Waals surface area contributed by atoms with E-state index in [1.54, 1.807) is 20.3 Å². The average Bonchev–Trinajstić information content (AvgIpc) is 3.30. The molecule has 0 aliphatic heterocycles. The van der Waals surface area contributed by atoms with E-state index in [1.165, 1.54) is 11.3 Å². The number of Topliss-reactive ketones (excluding diaryl/α,β-unsaturated/α-hetero) is 1.